The van der Waals surface area contributed by atoms with Crippen LogP contribution < -0.4 is 14.4 Å². The summed E-state index contributed by atoms with van der Waals surface area (Å²) in [6.45, 7) is 1.28. The molecule has 0 unspecified atom stereocenters. The number of nitrogens with one attached hydrogen (secondary N) is 1. The Labute approximate surface area is 224 Å². The first kappa shape index (κ1) is 26.6. The molecule has 4 rings (SSSR count). The second kappa shape index (κ2) is 11.8. The molecule has 37 heavy (non-hydrogen) atoms. The van der Waals surface area contributed by atoms with Crippen LogP contribution >= 0.6 is 15.9 Å². The fourth-order valence-electron chi connectivity index (χ4n) is 3.92. The summed E-state index contributed by atoms with van der Waals surface area (Å²) in [6, 6.07) is 19.6. The molecule has 1 aliphatic heterocycles. The number of ether oxygens (including phenoxy) is 2. The molecule has 11 heteroatoms. The van der Waals surface area contributed by atoms with Crippen LogP contribution in [0.25, 0.3) is 0 Å². The minimum atomic E-state index is -4.22. The zero-order valence-electron chi connectivity index (χ0n) is 20.1. The van der Waals surface area contributed by atoms with Crippen molar-refractivity contribution in [1.29, 1.82) is 0 Å². The molecule has 0 aromatic heterocycles. The van der Waals surface area contributed by atoms with E-state index in [0.29, 0.717) is 47.7 Å². The molecule has 1 saturated heterocycles. The average Bonchev–Trinajstić information content (AvgIpc) is 2.92. The third kappa shape index (κ3) is 6.12. The molecule has 9 nitrogen and oxygen atoms in total. The molecule has 0 atom stereocenters. The number of hydrogen-bond donors (Lipinski definition) is 1. The molecule has 1 fully saturated rings. The first-order valence-corrected chi connectivity index (χ1v) is 13.7. The molecule has 2 amide bonds. The van der Waals surface area contributed by atoms with Crippen LogP contribution in [-0.2, 0) is 19.6 Å². The predicted molar refractivity (Wildman–Crippen MR) is 143 cm³/mol. The lowest BCUT2D eigenvalue weighted by molar-refractivity contribution is -0.114. The SMILES string of the molecule is COc1ccc(Br)cc1S(=O)(=O)N(CC(=O)Nc1ccccc1C(=O)N1CCOCC1)c1ccccc1. The van der Waals surface area contributed by atoms with Gasteiger partial charge in [0.2, 0.25) is 5.91 Å². The second-order valence-electron chi connectivity index (χ2n) is 8.14. The molecule has 194 valence electrons. The van der Waals surface area contributed by atoms with Gasteiger partial charge in [0.05, 0.1) is 37.3 Å². The number of hydrogen-bond acceptors (Lipinski definition) is 6. The smallest absolute Gasteiger partial charge is 0.268 e. The second-order valence-corrected chi connectivity index (χ2v) is 10.9. The molecule has 0 saturated carbocycles. The molecular weight excluding hydrogens is 562 g/mol. The molecule has 0 spiro atoms. The van der Waals surface area contributed by atoms with Crippen molar-refractivity contribution in [1.82, 2.24) is 4.90 Å². The summed E-state index contributed by atoms with van der Waals surface area (Å²) >= 11 is 3.31. The lowest BCUT2D eigenvalue weighted by Gasteiger charge is -2.28. The Morgan fingerprint density at radius 2 is 1.70 bits per heavy atom. The van der Waals surface area contributed by atoms with Crippen molar-refractivity contribution in [3.8, 4) is 5.75 Å². The van der Waals surface area contributed by atoms with Gasteiger partial charge in [0.15, 0.2) is 0 Å². The molecule has 1 heterocycles. The van der Waals surface area contributed by atoms with Crippen LogP contribution in [0.1, 0.15) is 10.4 Å². The zero-order chi connectivity index (χ0) is 26.4. The lowest BCUT2D eigenvalue weighted by atomic mass is 10.1. The fraction of sp³-hybridized carbons (Fsp3) is 0.231. The number of halogens is 1. The molecular formula is C26H26BrN3O6S. The third-order valence-electron chi connectivity index (χ3n) is 5.75. The Kier molecular flexibility index (Phi) is 8.47. The van der Waals surface area contributed by atoms with E-state index in [2.05, 4.69) is 21.2 Å². The standard InChI is InChI=1S/C26H26BrN3O6S/c1-35-23-12-11-19(27)17-24(23)37(33,34)30(20-7-3-2-4-8-20)18-25(31)28-22-10-6-5-9-21(22)26(32)29-13-15-36-16-14-29/h2-12,17H,13-16,18H2,1H3,(H,28,31). The molecule has 3 aromatic carbocycles. The Bertz CT molecular complexity index is 1380. The van der Waals surface area contributed by atoms with Crippen LogP contribution in [0, 0.1) is 0 Å². The lowest BCUT2D eigenvalue weighted by Crippen LogP contribution is -2.41. The van der Waals surface area contributed by atoms with Gasteiger partial charge in [-0.3, -0.25) is 13.9 Å². The Balaban J connectivity index is 1.64. The van der Waals surface area contributed by atoms with Crippen LogP contribution in [0.3, 0.4) is 0 Å². The minimum Gasteiger partial charge on any atom is -0.495 e. The van der Waals surface area contributed by atoms with Gasteiger partial charge in [-0.15, -0.1) is 0 Å². The average molecular weight is 588 g/mol. The predicted octanol–water partition coefficient (Wildman–Crippen LogP) is 3.76. The summed E-state index contributed by atoms with van der Waals surface area (Å²) in [7, 11) is -2.84. The van der Waals surface area contributed by atoms with Gasteiger partial charge in [0.1, 0.15) is 17.2 Å². The van der Waals surface area contributed by atoms with Gasteiger partial charge in [0, 0.05) is 17.6 Å². The highest BCUT2D eigenvalue weighted by molar-refractivity contribution is 9.10. The summed E-state index contributed by atoms with van der Waals surface area (Å²) in [5.41, 5.74) is 0.923. The maximum absolute atomic E-state index is 13.8. The number of carbonyl (C=O) groups excluding carboxylic acids is 2. The number of amides is 2. The van der Waals surface area contributed by atoms with Crippen LogP contribution in [0.15, 0.2) is 82.2 Å². The summed E-state index contributed by atoms with van der Waals surface area (Å²) in [5.74, 6) is -0.694. The van der Waals surface area contributed by atoms with Gasteiger partial charge in [0.25, 0.3) is 15.9 Å². The first-order chi connectivity index (χ1) is 17.8. The van der Waals surface area contributed by atoms with E-state index in [4.69, 9.17) is 9.47 Å². The Morgan fingerprint density at radius 1 is 1.03 bits per heavy atom. The number of carbonyl (C=O) groups is 2. The van der Waals surface area contributed by atoms with Crippen LogP contribution in [0.2, 0.25) is 0 Å². The number of nitrogens with zero attached hydrogens (tertiary/aromatic N) is 2. The van der Waals surface area contributed by atoms with Gasteiger partial charge in [-0.05, 0) is 42.5 Å². The molecule has 0 aliphatic carbocycles. The van der Waals surface area contributed by atoms with Crippen molar-refractivity contribution in [2.45, 2.75) is 4.90 Å². The van der Waals surface area contributed by atoms with E-state index in [-0.39, 0.29) is 16.6 Å². The van der Waals surface area contributed by atoms with E-state index in [1.807, 2.05) is 0 Å². The first-order valence-electron chi connectivity index (χ1n) is 11.5. The molecule has 0 radical (unpaired) electrons. The van der Waals surface area contributed by atoms with E-state index >= 15 is 0 Å². The zero-order valence-corrected chi connectivity index (χ0v) is 22.5. The number of rotatable bonds is 8. The van der Waals surface area contributed by atoms with Gasteiger partial charge in [-0.25, -0.2) is 8.42 Å². The van der Waals surface area contributed by atoms with E-state index < -0.39 is 22.5 Å². The highest BCUT2D eigenvalue weighted by Crippen LogP contribution is 2.32. The van der Waals surface area contributed by atoms with E-state index in [1.165, 1.54) is 19.2 Å². The molecule has 3 aromatic rings. The quantitative estimate of drug-likeness (QED) is 0.430. The molecule has 1 aliphatic rings. The normalized spacial score (nSPS) is 13.6. The van der Waals surface area contributed by atoms with E-state index in [0.717, 1.165) is 4.31 Å². The van der Waals surface area contributed by atoms with Crippen LogP contribution in [-0.4, -0.2) is 65.1 Å². The molecule has 0 bridgehead atoms. The maximum atomic E-state index is 13.8. The number of anilines is 2. The number of morpholine rings is 1. The van der Waals surface area contributed by atoms with Gasteiger partial charge < -0.3 is 19.7 Å². The van der Waals surface area contributed by atoms with Gasteiger partial charge in [-0.1, -0.05) is 46.3 Å². The number of sulfonamides is 1. The van der Waals surface area contributed by atoms with Crippen molar-refractivity contribution < 1.29 is 27.5 Å². The third-order valence-corrected chi connectivity index (χ3v) is 8.04. The number of para-hydroxylation sites is 2. The van der Waals surface area contributed by atoms with Crippen LogP contribution in [0.4, 0.5) is 11.4 Å². The van der Waals surface area contributed by atoms with Gasteiger partial charge in [-0.2, -0.15) is 0 Å². The van der Waals surface area contributed by atoms with E-state index in [9.17, 15) is 18.0 Å². The highest BCUT2D eigenvalue weighted by atomic mass is 79.9. The summed E-state index contributed by atoms with van der Waals surface area (Å²) in [5, 5.41) is 2.73. The number of methoxy groups -OCH3 is 1. The van der Waals surface area contributed by atoms with Crippen molar-refractivity contribution >= 4 is 49.1 Å². The van der Waals surface area contributed by atoms with Crippen LogP contribution in [0.5, 0.6) is 5.75 Å². The largest absolute Gasteiger partial charge is 0.495 e. The van der Waals surface area contributed by atoms with Crippen molar-refractivity contribution in [2.75, 3.05) is 49.6 Å². The van der Waals surface area contributed by atoms with Crippen molar-refractivity contribution in [3.63, 3.8) is 0 Å². The van der Waals surface area contributed by atoms with Gasteiger partial charge >= 0.3 is 0 Å². The summed E-state index contributed by atoms with van der Waals surface area (Å²) in [6.07, 6.45) is 0. The van der Waals surface area contributed by atoms with Crippen molar-refractivity contribution in [3.05, 3.63) is 82.8 Å². The van der Waals surface area contributed by atoms with E-state index in [1.54, 1.807) is 65.6 Å². The highest BCUT2D eigenvalue weighted by Gasteiger charge is 2.31. The Hall–Kier alpha value is -3.41. The Morgan fingerprint density at radius 3 is 2.41 bits per heavy atom. The maximum Gasteiger partial charge on any atom is 0.268 e. The summed E-state index contributed by atoms with van der Waals surface area (Å²) in [4.78, 5) is 27.9. The fourth-order valence-corrected chi connectivity index (χ4v) is 6.03. The van der Waals surface area contributed by atoms with Crippen molar-refractivity contribution in [2.24, 2.45) is 0 Å². The summed E-state index contributed by atoms with van der Waals surface area (Å²) < 4.78 is 39.8. The molecule has 1 N–H and O–H groups in total. The number of benzene rings is 3. The minimum absolute atomic E-state index is 0.0936. The topological polar surface area (TPSA) is 105 Å². The monoisotopic (exact) mass is 587 g/mol.